The summed E-state index contributed by atoms with van der Waals surface area (Å²) in [5.41, 5.74) is 5.77. The van der Waals surface area contributed by atoms with Gasteiger partial charge >= 0.3 is 5.97 Å². The number of benzene rings is 1. The molecule has 1 rings (SSSR count). The Kier molecular flexibility index (Phi) is 5.45. The topological polar surface area (TPSA) is 72.5 Å². The van der Waals surface area contributed by atoms with Crippen LogP contribution < -0.4 is 10.5 Å². The lowest BCUT2D eigenvalue weighted by Crippen LogP contribution is -2.23. The molecule has 3 N–H and O–H groups in total. The normalized spacial score (nSPS) is 12.5. The van der Waals surface area contributed by atoms with Crippen LogP contribution in [0.3, 0.4) is 0 Å². The van der Waals surface area contributed by atoms with Gasteiger partial charge < -0.3 is 15.6 Å². The number of hydrogen-bond acceptors (Lipinski definition) is 3. The quantitative estimate of drug-likeness (QED) is 0.874. The van der Waals surface area contributed by atoms with Crippen molar-refractivity contribution in [3.63, 3.8) is 0 Å². The Balaban J connectivity index is 0.00000256. The van der Waals surface area contributed by atoms with Crippen molar-refractivity contribution in [2.75, 3.05) is 0 Å². The predicted molar refractivity (Wildman–Crippen MR) is 68.6 cm³/mol. The zero-order valence-electron chi connectivity index (χ0n) is 10.1. The van der Waals surface area contributed by atoms with Crippen LogP contribution in [0.2, 0.25) is 0 Å². The second-order valence-corrected chi connectivity index (χ2v) is 4.60. The van der Waals surface area contributed by atoms with Gasteiger partial charge in [-0.1, -0.05) is 12.1 Å². The van der Waals surface area contributed by atoms with E-state index in [2.05, 4.69) is 0 Å². The van der Waals surface area contributed by atoms with Crippen molar-refractivity contribution in [1.29, 1.82) is 0 Å². The van der Waals surface area contributed by atoms with Gasteiger partial charge in [0, 0.05) is 0 Å². The van der Waals surface area contributed by atoms with Gasteiger partial charge in [-0.15, -0.1) is 12.4 Å². The highest BCUT2D eigenvalue weighted by molar-refractivity contribution is 5.85. The molecule has 0 aliphatic rings. The summed E-state index contributed by atoms with van der Waals surface area (Å²) >= 11 is 0. The molecule has 0 aromatic heterocycles. The molecule has 0 heterocycles. The van der Waals surface area contributed by atoms with E-state index in [9.17, 15) is 4.79 Å². The molecule has 5 heteroatoms. The highest BCUT2D eigenvalue weighted by Crippen LogP contribution is 2.20. The van der Waals surface area contributed by atoms with Crippen LogP contribution >= 0.6 is 12.4 Å². The SMILES string of the molecule is CC(C)(C)Oc1ccc([C@@H](N)C(=O)O)cc1.Cl. The first kappa shape index (κ1) is 15.7. The van der Waals surface area contributed by atoms with Gasteiger partial charge in [-0.25, -0.2) is 0 Å². The van der Waals surface area contributed by atoms with Crippen molar-refractivity contribution in [3.8, 4) is 5.75 Å². The van der Waals surface area contributed by atoms with Crippen molar-refractivity contribution in [3.05, 3.63) is 29.8 Å². The zero-order chi connectivity index (χ0) is 12.3. The second kappa shape index (κ2) is 5.89. The fourth-order valence-corrected chi connectivity index (χ4v) is 1.24. The fraction of sp³-hybridized carbons (Fsp3) is 0.417. The molecule has 17 heavy (non-hydrogen) atoms. The summed E-state index contributed by atoms with van der Waals surface area (Å²) in [5.74, 6) is -0.335. The maximum atomic E-state index is 10.7. The molecule has 1 aromatic carbocycles. The van der Waals surface area contributed by atoms with Crippen molar-refractivity contribution in [1.82, 2.24) is 0 Å². The Bertz CT molecular complexity index is 370. The van der Waals surface area contributed by atoms with E-state index in [1.165, 1.54) is 0 Å². The van der Waals surface area contributed by atoms with Gasteiger partial charge in [0.15, 0.2) is 0 Å². The lowest BCUT2D eigenvalue weighted by Gasteiger charge is -2.21. The minimum absolute atomic E-state index is 0. The molecule has 0 amide bonds. The molecular weight excluding hydrogens is 242 g/mol. The van der Waals surface area contributed by atoms with Crippen molar-refractivity contribution in [2.24, 2.45) is 5.73 Å². The Morgan fingerprint density at radius 2 is 1.76 bits per heavy atom. The summed E-state index contributed by atoms with van der Waals surface area (Å²) in [6.45, 7) is 5.84. The maximum Gasteiger partial charge on any atom is 0.325 e. The third-order valence-electron chi connectivity index (χ3n) is 1.93. The first-order valence-corrected chi connectivity index (χ1v) is 5.07. The van der Waals surface area contributed by atoms with Gasteiger partial charge in [-0.2, -0.15) is 0 Å². The number of carboxylic acid groups (broad SMARTS) is 1. The lowest BCUT2D eigenvalue weighted by molar-refractivity contribution is -0.138. The van der Waals surface area contributed by atoms with Crippen molar-refractivity contribution < 1.29 is 14.6 Å². The molecule has 0 aliphatic heterocycles. The van der Waals surface area contributed by atoms with Crippen LogP contribution in [0.5, 0.6) is 5.75 Å². The molecule has 0 saturated carbocycles. The molecule has 0 saturated heterocycles. The van der Waals surface area contributed by atoms with E-state index < -0.39 is 12.0 Å². The summed E-state index contributed by atoms with van der Waals surface area (Å²) < 4.78 is 5.61. The minimum atomic E-state index is -1.04. The molecule has 0 aliphatic carbocycles. The van der Waals surface area contributed by atoms with Crippen LogP contribution in [-0.2, 0) is 4.79 Å². The largest absolute Gasteiger partial charge is 0.488 e. The molecule has 1 aromatic rings. The van der Waals surface area contributed by atoms with E-state index in [1.807, 2.05) is 20.8 Å². The number of halogens is 1. The van der Waals surface area contributed by atoms with Gasteiger partial charge in [-0.05, 0) is 38.5 Å². The third-order valence-corrected chi connectivity index (χ3v) is 1.93. The minimum Gasteiger partial charge on any atom is -0.488 e. The summed E-state index contributed by atoms with van der Waals surface area (Å²) in [4.78, 5) is 10.7. The van der Waals surface area contributed by atoms with E-state index in [0.29, 0.717) is 11.3 Å². The summed E-state index contributed by atoms with van der Waals surface area (Å²) in [7, 11) is 0. The Labute approximate surface area is 107 Å². The molecule has 4 nitrogen and oxygen atoms in total. The fourth-order valence-electron chi connectivity index (χ4n) is 1.24. The van der Waals surface area contributed by atoms with Crippen LogP contribution in [0, 0.1) is 0 Å². The van der Waals surface area contributed by atoms with Crippen molar-refractivity contribution >= 4 is 18.4 Å². The smallest absolute Gasteiger partial charge is 0.325 e. The highest BCUT2D eigenvalue weighted by Gasteiger charge is 2.15. The molecular formula is C12H18ClNO3. The van der Waals surface area contributed by atoms with E-state index in [0.717, 1.165) is 0 Å². The van der Waals surface area contributed by atoms with Gasteiger partial charge in [0.1, 0.15) is 17.4 Å². The molecule has 0 unspecified atom stereocenters. The summed E-state index contributed by atoms with van der Waals surface area (Å²) in [6, 6.07) is 5.80. The van der Waals surface area contributed by atoms with Crippen LogP contribution in [-0.4, -0.2) is 16.7 Å². The summed E-state index contributed by atoms with van der Waals surface area (Å²) in [6.07, 6.45) is 0. The van der Waals surface area contributed by atoms with Gasteiger partial charge in [0.05, 0.1) is 0 Å². The Morgan fingerprint density at radius 3 is 2.12 bits per heavy atom. The first-order chi connectivity index (χ1) is 7.29. The van der Waals surface area contributed by atoms with Crippen LogP contribution in [0.15, 0.2) is 24.3 Å². The number of carboxylic acids is 1. The average molecular weight is 260 g/mol. The van der Waals surface area contributed by atoms with Crippen LogP contribution in [0.4, 0.5) is 0 Å². The Hall–Kier alpha value is -1.26. The molecule has 1 atom stereocenters. The second-order valence-electron chi connectivity index (χ2n) is 4.60. The standard InChI is InChI=1S/C12H17NO3.ClH/c1-12(2,3)16-9-6-4-8(5-7-9)10(13)11(14)15;/h4-7,10H,13H2,1-3H3,(H,14,15);1H/t10-;/m1./s1. The first-order valence-electron chi connectivity index (χ1n) is 5.07. The number of aliphatic carboxylic acids is 1. The Morgan fingerprint density at radius 1 is 1.29 bits per heavy atom. The molecule has 0 spiro atoms. The average Bonchev–Trinajstić information content (AvgIpc) is 2.15. The maximum absolute atomic E-state index is 10.7. The molecule has 0 radical (unpaired) electrons. The van der Waals surface area contributed by atoms with Gasteiger partial charge in [-0.3, -0.25) is 4.79 Å². The highest BCUT2D eigenvalue weighted by atomic mass is 35.5. The van der Waals surface area contributed by atoms with Crippen LogP contribution in [0.25, 0.3) is 0 Å². The lowest BCUT2D eigenvalue weighted by atomic mass is 10.1. The summed E-state index contributed by atoms with van der Waals surface area (Å²) in [5, 5.41) is 8.73. The van der Waals surface area contributed by atoms with Gasteiger partial charge in [0.25, 0.3) is 0 Å². The number of rotatable bonds is 3. The number of ether oxygens (including phenoxy) is 1. The van der Waals surface area contributed by atoms with Gasteiger partial charge in [0.2, 0.25) is 0 Å². The number of hydrogen-bond donors (Lipinski definition) is 2. The predicted octanol–water partition coefficient (Wildman–Crippen LogP) is 2.37. The van der Waals surface area contributed by atoms with Crippen LogP contribution in [0.1, 0.15) is 32.4 Å². The molecule has 0 bridgehead atoms. The molecule has 96 valence electrons. The monoisotopic (exact) mass is 259 g/mol. The van der Waals surface area contributed by atoms with E-state index in [4.69, 9.17) is 15.6 Å². The van der Waals surface area contributed by atoms with E-state index in [-0.39, 0.29) is 18.0 Å². The van der Waals surface area contributed by atoms with E-state index >= 15 is 0 Å². The molecule has 0 fully saturated rings. The number of nitrogens with two attached hydrogens (primary N) is 1. The van der Waals surface area contributed by atoms with E-state index in [1.54, 1.807) is 24.3 Å². The zero-order valence-corrected chi connectivity index (χ0v) is 11.0. The number of carbonyl (C=O) groups is 1. The van der Waals surface area contributed by atoms with Crippen molar-refractivity contribution in [2.45, 2.75) is 32.4 Å². The third kappa shape index (κ3) is 5.06.